The van der Waals surface area contributed by atoms with Gasteiger partial charge in [-0.3, -0.25) is 9.69 Å². The third-order valence-corrected chi connectivity index (χ3v) is 5.03. The highest BCUT2D eigenvalue weighted by molar-refractivity contribution is 5.87. The lowest BCUT2D eigenvalue weighted by molar-refractivity contribution is -0.118. The lowest BCUT2D eigenvalue weighted by atomic mass is 10.1. The molecule has 1 aromatic heterocycles. The number of nitrogens with zero attached hydrogens (tertiary/aromatic N) is 2. The van der Waals surface area contributed by atoms with Crippen LogP contribution in [-0.4, -0.2) is 29.0 Å². The largest absolute Gasteiger partial charge is 0.496 e. The third-order valence-electron chi connectivity index (χ3n) is 5.03. The van der Waals surface area contributed by atoms with Crippen molar-refractivity contribution in [2.45, 2.75) is 26.6 Å². The van der Waals surface area contributed by atoms with Gasteiger partial charge in [0.2, 0.25) is 5.91 Å². The van der Waals surface area contributed by atoms with Crippen LogP contribution in [0.15, 0.2) is 61.2 Å². The average molecular weight is 377 g/mol. The molecule has 1 amide bonds. The van der Waals surface area contributed by atoms with Gasteiger partial charge in [-0.1, -0.05) is 42.5 Å². The van der Waals surface area contributed by atoms with E-state index in [9.17, 15) is 4.79 Å². The van der Waals surface area contributed by atoms with Crippen LogP contribution in [0.5, 0.6) is 5.75 Å². The number of nitrogens with two attached hydrogens (primary N) is 1. The Morgan fingerprint density at radius 3 is 2.61 bits per heavy atom. The number of hydrogen-bond donors (Lipinski definition) is 1. The highest BCUT2D eigenvalue weighted by Crippen LogP contribution is 2.28. The minimum absolute atomic E-state index is 0.181. The summed E-state index contributed by atoms with van der Waals surface area (Å²) in [5, 5.41) is 1.15. The van der Waals surface area contributed by atoms with Gasteiger partial charge in [0.15, 0.2) is 0 Å². The van der Waals surface area contributed by atoms with Crippen LogP contribution < -0.4 is 10.5 Å². The quantitative estimate of drug-likeness (QED) is 0.579. The first-order chi connectivity index (χ1) is 13.5. The zero-order valence-electron chi connectivity index (χ0n) is 16.5. The molecule has 0 aliphatic heterocycles. The molecule has 0 bridgehead atoms. The highest BCUT2D eigenvalue weighted by Gasteiger charge is 2.18. The van der Waals surface area contributed by atoms with Crippen LogP contribution >= 0.6 is 0 Å². The molecule has 3 rings (SSSR count). The number of fused-ring (bicyclic) bond motifs is 1. The zero-order valence-corrected chi connectivity index (χ0v) is 16.5. The number of carbonyl (C=O) groups excluding carboxylic acids is 1. The monoisotopic (exact) mass is 377 g/mol. The lowest BCUT2D eigenvalue weighted by Crippen LogP contribution is -2.24. The van der Waals surface area contributed by atoms with E-state index >= 15 is 0 Å². The van der Waals surface area contributed by atoms with Crippen molar-refractivity contribution in [2.24, 2.45) is 5.73 Å². The normalized spacial score (nSPS) is 11.1. The van der Waals surface area contributed by atoms with Crippen LogP contribution in [0.2, 0.25) is 0 Å². The minimum atomic E-state index is -0.340. The van der Waals surface area contributed by atoms with E-state index in [4.69, 9.17) is 10.5 Å². The molecule has 2 aromatic carbocycles. The van der Waals surface area contributed by atoms with Gasteiger partial charge in [-0.15, -0.1) is 6.58 Å². The maximum absolute atomic E-state index is 11.6. The van der Waals surface area contributed by atoms with Gasteiger partial charge in [-0.05, 0) is 24.6 Å². The molecule has 0 saturated heterocycles. The molecule has 0 saturated carbocycles. The predicted molar refractivity (Wildman–Crippen MR) is 113 cm³/mol. The molecule has 0 aliphatic rings. The summed E-state index contributed by atoms with van der Waals surface area (Å²) in [4.78, 5) is 13.9. The first-order valence-electron chi connectivity index (χ1n) is 9.35. The Bertz CT molecular complexity index is 991. The van der Waals surface area contributed by atoms with Crippen molar-refractivity contribution < 1.29 is 9.53 Å². The number of aromatic nitrogens is 1. The summed E-state index contributed by atoms with van der Waals surface area (Å²) in [5.74, 6) is 0.539. The number of para-hydroxylation sites is 2. The topological polar surface area (TPSA) is 60.5 Å². The smallest absolute Gasteiger partial charge is 0.237 e. The summed E-state index contributed by atoms with van der Waals surface area (Å²) in [6, 6.07) is 16.2. The Hall–Kier alpha value is -3.05. The average Bonchev–Trinajstić information content (AvgIpc) is 2.94. The molecule has 5 nitrogen and oxygen atoms in total. The standard InChI is InChI=1S/C23H27N3O2/c1-4-13-25(14-18-9-5-8-12-22(18)28-3)15-20-17(2)26(16-23(24)27)21-11-7-6-10-19(20)21/h4-12H,1,13-16H2,2-3H3,(H2,24,27). The molecular formula is C23H27N3O2. The van der Waals surface area contributed by atoms with Gasteiger partial charge in [0.25, 0.3) is 0 Å². The molecule has 0 atom stereocenters. The zero-order chi connectivity index (χ0) is 20.1. The van der Waals surface area contributed by atoms with Gasteiger partial charge < -0.3 is 15.0 Å². The fourth-order valence-corrected chi connectivity index (χ4v) is 3.73. The van der Waals surface area contributed by atoms with Gasteiger partial charge in [0, 0.05) is 41.8 Å². The van der Waals surface area contributed by atoms with Crippen molar-refractivity contribution in [1.29, 1.82) is 0 Å². The van der Waals surface area contributed by atoms with E-state index in [1.165, 1.54) is 5.56 Å². The second-order valence-electron chi connectivity index (χ2n) is 6.90. The first-order valence-corrected chi connectivity index (χ1v) is 9.35. The fourth-order valence-electron chi connectivity index (χ4n) is 3.73. The van der Waals surface area contributed by atoms with Crippen LogP contribution in [0.1, 0.15) is 16.8 Å². The van der Waals surface area contributed by atoms with E-state index < -0.39 is 0 Å². The van der Waals surface area contributed by atoms with E-state index in [0.29, 0.717) is 0 Å². The van der Waals surface area contributed by atoms with Crippen LogP contribution in [0.3, 0.4) is 0 Å². The predicted octanol–water partition coefficient (Wildman–Crippen LogP) is 3.63. The maximum Gasteiger partial charge on any atom is 0.237 e. The van der Waals surface area contributed by atoms with Gasteiger partial charge in [-0.2, -0.15) is 0 Å². The number of carbonyl (C=O) groups is 1. The Kier molecular flexibility index (Phi) is 6.16. The van der Waals surface area contributed by atoms with E-state index in [1.807, 2.05) is 54.0 Å². The highest BCUT2D eigenvalue weighted by atomic mass is 16.5. The van der Waals surface area contributed by atoms with Crippen LogP contribution in [0.25, 0.3) is 10.9 Å². The summed E-state index contributed by atoms with van der Waals surface area (Å²) in [6.45, 7) is 8.37. The maximum atomic E-state index is 11.6. The summed E-state index contributed by atoms with van der Waals surface area (Å²) >= 11 is 0. The lowest BCUT2D eigenvalue weighted by Gasteiger charge is -2.22. The van der Waals surface area contributed by atoms with Crippen LogP contribution in [0, 0.1) is 6.92 Å². The van der Waals surface area contributed by atoms with Gasteiger partial charge in [0.05, 0.1) is 7.11 Å². The number of hydrogen-bond acceptors (Lipinski definition) is 3. The Morgan fingerprint density at radius 1 is 1.18 bits per heavy atom. The summed E-state index contributed by atoms with van der Waals surface area (Å²) in [7, 11) is 1.69. The van der Waals surface area contributed by atoms with Crippen molar-refractivity contribution in [2.75, 3.05) is 13.7 Å². The number of primary amides is 1. The Labute approximate surface area is 166 Å². The van der Waals surface area contributed by atoms with E-state index in [1.54, 1.807) is 7.11 Å². The van der Waals surface area contributed by atoms with E-state index in [-0.39, 0.29) is 12.5 Å². The molecule has 0 fully saturated rings. The molecular weight excluding hydrogens is 350 g/mol. The molecule has 0 aliphatic carbocycles. The number of benzene rings is 2. The molecule has 28 heavy (non-hydrogen) atoms. The minimum Gasteiger partial charge on any atom is -0.496 e. The number of ether oxygens (including phenoxy) is 1. The van der Waals surface area contributed by atoms with Crippen molar-refractivity contribution in [3.05, 3.63) is 78.0 Å². The van der Waals surface area contributed by atoms with Crippen molar-refractivity contribution >= 4 is 16.8 Å². The van der Waals surface area contributed by atoms with E-state index in [2.05, 4.69) is 23.6 Å². The molecule has 3 aromatic rings. The third kappa shape index (κ3) is 4.10. The molecule has 5 heteroatoms. The first kappa shape index (κ1) is 19.7. The SMILES string of the molecule is C=CCN(Cc1ccccc1OC)Cc1c(C)n(CC(N)=O)c2ccccc12. The van der Waals surface area contributed by atoms with Crippen molar-refractivity contribution in [3.8, 4) is 5.75 Å². The molecule has 0 unspecified atom stereocenters. The Morgan fingerprint density at radius 2 is 1.89 bits per heavy atom. The van der Waals surface area contributed by atoms with Gasteiger partial charge >= 0.3 is 0 Å². The molecule has 0 spiro atoms. The summed E-state index contributed by atoms with van der Waals surface area (Å²) in [5.41, 5.74) is 9.91. The van der Waals surface area contributed by atoms with Crippen molar-refractivity contribution in [3.63, 3.8) is 0 Å². The second kappa shape index (κ2) is 8.76. The fraction of sp³-hybridized carbons (Fsp3) is 0.261. The van der Waals surface area contributed by atoms with Crippen LogP contribution in [0.4, 0.5) is 0 Å². The number of methoxy groups -OCH3 is 1. The van der Waals surface area contributed by atoms with Gasteiger partial charge in [-0.25, -0.2) is 0 Å². The van der Waals surface area contributed by atoms with Gasteiger partial charge in [0.1, 0.15) is 12.3 Å². The van der Waals surface area contributed by atoms with Crippen LogP contribution in [-0.2, 0) is 24.4 Å². The van der Waals surface area contributed by atoms with Crippen molar-refractivity contribution in [1.82, 2.24) is 9.47 Å². The number of amides is 1. The summed E-state index contributed by atoms with van der Waals surface area (Å²) in [6.07, 6.45) is 1.91. The molecule has 1 heterocycles. The molecule has 2 N–H and O–H groups in total. The summed E-state index contributed by atoms with van der Waals surface area (Å²) < 4.78 is 7.51. The number of rotatable bonds is 9. The van der Waals surface area contributed by atoms with E-state index in [0.717, 1.165) is 47.5 Å². The molecule has 0 radical (unpaired) electrons. The second-order valence-corrected chi connectivity index (χ2v) is 6.90. The molecule has 146 valence electrons. The Balaban J connectivity index is 1.97.